The van der Waals surface area contributed by atoms with Crippen LogP contribution in [0.4, 0.5) is 0 Å². The summed E-state index contributed by atoms with van der Waals surface area (Å²) in [5.74, 6) is -0.475. The Kier molecular flexibility index (Phi) is 3.43. The lowest BCUT2D eigenvalue weighted by molar-refractivity contribution is -0.143. The molecule has 1 radical (unpaired) electrons. The molecular weight excluding hydrogens is 122 g/mol. The average Bonchev–Trinajstić information content (AvgIpc) is 1.87. The van der Waals surface area contributed by atoms with E-state index in [1.165, 1.54) is 7.11 Å². The highest BCUT2D eigenvalue weighted by Crippen LogP contribution is 1.79. The van der Waals surface area contributed by atoms with Gasteiger partial charge in [0.15, 0.2) is 0 Å². The van der Waals surface area contributed by atoms with Crippen LogP contribution in [0.5, 0.6) is 0 Å². The first kappa shape index (κ1) is 7.94. The maximum Gasteiger partial charge on any atom is 0.325 e. The van der Waals surface area contributed by atoms with Gasteiger partial charge in [-0.05, 0) is 0 Å². The van der Waals surface area contributed by atoms with Crippen LogP contribution in [-0.2, 0) is 14.3 Å². The van der Waals surface area contributed by atoms with Crippen molar-refractivity contribution in [3.05, 3.63) is 7.05 Å². The molecule has 9 heavy (non-hydrogen) atoms. The maximum atomic E-state index is 10.3. The minimum atomic E-state index is -0.475. The van der Waals surface area contributed by atoms with Crippen molar-refractivity contribution in [2.45, 2.75) is 0 Å². The molecule has 0 aliphatic rings. The van der Waals surface area contributed by atoms with Crippen LogP contribution in [0.1, 0.15) is 0 Å². The summed E-state index contributed by atoms with van der Waals surface area (Å²) in [5, 5.41) is 0. The van der Waals surface area contributed by atoms with Crippen molar-refractivity contribution < 1.29 is 14.3 Å². The second-order valence-corrected chi connectivity index (χ2v) is 1.43. The fourth-order valence-electron chi connectivity index (χ4n) is 0.268. The average molecular weight is 130 g/mol. The molecule has 0 spiro atoms. The molecule has 0 N–H and O–H groups in total. The molecule has 0 aliphatic carbocycles. The highest BCUT2D eigenvalue weighted by molar-refractivity contribution is 5.73. The summed E-state index contributed by atoms with van der Waals surface area (Å²) in [7, 11) is 4.46. The second-order valence-electron chi connectivity index (χ2n) is 1.43. The molecule has 0 aromatic rings. The van der Waals surface area contributed by atoms with Crippen molar-refractivity contribution in [2.24, 2.45) is 0 Å². The van der Waals surface area contributed by atoms with E-state index in [2.05, 4.69) is 11.8 Å². The molecule has 0 atom stereocenters. The number of rotatable bonds is 3. The van der Waals surface area contributed by atoms with Gasteiger partial charge in [0.1, 0.15) is 6.54 Å². The quantitative estimate of drug-likeness (QED) is 0.379. The zero-order chi connectivity index (χ0) is 7.28. The van der Waals surface area contributed by atoms with Crippen LogP contribution >= 0.6 is 0 Å². The first-order chi connectivity index (χ1) is 4.20. The number of hydrogen-bond acceptors (Lipinski definition) is 3. The first-order valence-corrected chi connectivity index (χ1v) is 2.30. The lowest BCUT2D eigenvalue weighted by Crippen LogP contribution is -2.23. The predicted octanol–water partition coefficient (Wildman–Crippen LogP) is -0.591. The molecule has 4 nitrogen and oxygen atoms in total. The number of amides is 1. The van der Waals surface area contributed by atoms with Crippen LogP contribution < -0.4 is 0 Å². The molecule has 1 amide bonds. The number of esters is 1. The Morgan fingerprint density at radius 2 is 2.44 bits per heavy atom. The largest absolute Gasteiger partial charge is 0.468 e. The third-order valence-corrected chi connectivity index (χ3v) is 0.709. The van der Waals surface area contributed by atoms with Crippen molar-refractivity contribution in [1.82, 2.24) is 4.90 Å². The SMILES string of the molecule is [CH2]N(C=O)CC(=O)OC. The predicted molar refractivity (Wildman–Crippen MR) is 30.1 cm³/mol. The lowest BCUT2D eigenvalue weighted by atomic mass is 10.6. The normalized spacial score (nSPS) is 8.22. The van der Waals surface area contributed by atoms with E-state index in [4.69, 9.17) is 0 Å². The number of carbonyl (C=O) groups excluding carboxylic acids is 2. The highest BCUT2D eigenvalue weighted by Gasteiger charge is 2.01. The summed E-state index contributed by atoms with van der Waals surface area (Å²) in [4.78, 5) is 21.1. The van der Waals surface area contributed by atoms with Gasteiger partial charge in [0.05, 0.1) is 7.11 Å². The summed E-state index contributed by atoms with van der Waals surface area (Å²) < 4.78 is 4.24. The molecule has 0 aromatic heterocycles. The summed E-state index contributed by atoms with van der Waals surface area (Å²) in [5.41, 5.74) is 0. The van der Waals surface area contributed by atoms with Crippen LogP contribution in [0.2, 0.25) is 0 Å². The second kappa shape index (κ2) is 3.88. The van der Waals surface area contributed by atoms with E-state index in [9.17, 15) is 9.59 Å². The molecule has 0 rings (SSSR count). The van der Waals surface area contributed by atoms with E-state index in [0.29, 0.717) is 6.41 Å². The van der Waals surface area contributed by atoms with Crippen molar-refractivity contribution >= 4 is 12.4 Å². The van der Waals surface area contributed by atoms with Crippen molar-refractivity contribution in [1.29, 1.82) is 0 Å². The molecule has 0 aliphatic heterocycles. The third-order valence-electron chi connectivity index (χ3n) is 0.709. The number of methoxy groups -OCH3 is 1. The lowest BCUT2D eigenvalue weighted by Gasteiger charge is -2.05. The molecule has 0 unspecified atom stereocenters. The monoisotopic (exact) mass is 130 g/mol. The van der Waals surface area contributed by atoms with E-state index in [-0.39, 0.29) is 6.54 Å². The number of nitrogens with zero attached hydrogens (tertiary/aromatic N) is 1. The van der Waals surface area contributed by atoms with Crippen molar-refractivity contribution in [3.63, 3.8) is 0 Å². The van der Waals surface area contributed by atoms with Crippen LogP contribution in [0, 0.1) is 7.05 Å². The number of hydrogen-bond donors (Lipinski definition) is 0. The molecule has 0 heterocycles. The molecule has 0 saturated carbocycles. The minimum Gasteiger partial charge on any atom is -0.468 e. The van der Waals surface area contributed by atoms with Gasteiger partial charge in [0.25, 0.3) is 0 Å². The Balaban J connectivity index is 3.46. The third kappa shape index (κ3) is 3.52. The van der Waals surface area contributed by atoms with Gasteiger partial charge in [0, 0.05) is 7.05 Å². The van der Waals surface area contributed by atoms with Gasteiger partial charge < -0.3 is 9.64 Å². The van der Waals surface area contributed by atoms with Gasteiger partial charge in [-0.1, -0.05) is 0 Å². The van der Waals surface area contributed by atoms with E-state index in [0.717, 1.165) is 4.90 Å². The Morgan fingerprint density at radius 3 is 2.78 bits per heavy atom. The Bertz CT molecular complexity index is 113. The minimum absolute atomic E-state index is 0.0972. The fraction of sp³-hybridized carbons (Fsp3) is 0.400. The molecule has 0 fully saturated rings. The van der Waals surface area contributed by atoms with Gasteiger partial charge in [-0.25, -0.2) is 0 Å². The summed E-state index contributed by atoms with van der Waals surface area (Å²) in [6.45, 7) is -0.0972. The molecule has 51 valence electrons. The zero-order valence-electron chi connectivity index (χ0n) is 5.16. The molecule has 0 aromatic carbocycles. The van der Waals surface area contributed by atoms with E-state index < -0.39 is 5.97 Å². The van der Waals surface area contributed by atoms with Crippen LogP contribution in [-0.4, -0.2) is 30.9 Å². The maximum absolute atomic E-state index is 10.3. The number of carbonyl (C=O) groups is 2. The van der Waals surface area contributed by atoms with Crippen LogP contribution in [0.15, 0.2) is 0 Å². The van der Waals surface area contributed by atoms with Gasteiger partial charge in [-0.15, -0.1) is 0 Å². The zero-order valence-corrected chi connectivity index (χ0v) is 5.16. The van der Waals surface area contributed by atoms with E-state index in [1.807, 2.05) is 0 Å². The van der Waals surface area contributed by atoms with E-state index in [1.54, 1.807) is 0 Å². The summed E-state index contributed by atoms with van der Waals surface area (Å²) in [6.07, 6.45) is 0.455. The molecule has 4 heteroatoms. The van der Waals surface area contributed by atoms with Crippen molar-refractivity contribution in [3.8, 4) is 0 Å². The summed E-state index contributed by atoms with van der Waals surface area (Å²) in [6, 6.07) is 0. The fourth-order valence-corrected chi connectivity index (χ4v) is 0.268. The van der Waals surface area contributed by atoms with Gasteiger partial charge >= 0.3 is 5.97 Å². The topological polar surface area (TPSA) is 46.6 Å². The first-order valence-electron chi connectivity index (χ1n) is 2.30. The van der Waals surface area contributed by atoms with Gasteiger partial charge in [-0.3, -0.25) is 9.59 Å². The van der Waals surface area contributed by atoms with Gasteiger partial charge in [0.2, 0.25) is 6.41 Å². The van der Waals surface area contributed by atoms with Crippen molar-refractivity contribution in [2.75, 3.05) is 13.7 Å². The summed E-state index contributed by atoms with van der Waals surface area (Å²) >= 11 is 0. The Hall–Kier alpha value is -1.06. The smallest absolute Gasteiger partial charge is 0.325 e. The van der Waals surface area contributed by atoms with Gasteiger partial charge in [-0.2, -0.15) is 0 Å². The Morgan fingerprint density at radius 1 is 1.89 bits per heavy atom. The van der Waals surface area contributed by atoms with E-state index >= 15 is 0 Å². The standard InChI is InChI=1S/C5H8NO3/c1-6(4-7)3-5(8)9-2/h4H,1,3H2,2H3. The number of ether oxygens (including phenoxy) is 1. The Labute approximate surface area is 53.4 Å². The van der Waals surface area contributed by atoms with Crippen LogP contribution in [0.25, 0.3) is 0 Å². The molecule has 0 bridgehead atoms. The van der Waals surface area contributed by atoms with Crippen LogP contribution in [0.3, 0.4) is 0 Å². The highest BCUT2D eigenvalue weighted by atomic mass is 16.5. The molecular formula is C5H8NO3. The molecule has 0 saturated heterocycles.